The molecule has 0 radical (unpaired) electrons. The van der Waals surface area contributed by atoms with E-state index in [-0.39, 0.29) is 44.0 Å². The largest absolute Gasteiger partial charge is 0.573 e. The molecule has 2 N–H and O–H groups in total. The molecule has 36 heavy (non-hydrogen) atoms. The zero-order chi connectivity index (χ0) is 26.2. The molecule has 0 bridgehead atoms. The molecule has 2 aliphatic rings. The summed E-state index contributed by atoms with van der Waals surface area (Å²) in [7, 11) is 0. The number of alkyl halides is 3. The van der Waals surface area contributed by atoms with Gasteiger partial charge in [0, 0.05) is 49.2 Å². The molecule has 13 heteroatoms. The summed E-state index contributed by atoms with van der Waals surface area (Å²) in [6.45, 7) is 0.480. The van der Waals surface area contributed by atoms with Crippen molar-refractivity contribution in [1.29, 1.82) is 0 Å². The second-order valence-electron chi connectivity index (χ2n) is 8.54. The molecular formula is C23H19F6N3O4. The van der Waals surface area contributed by atoms with Crippen molar-refractivity contribution in [2.75, 3.05) is 23.3 Å². The van der Waals surface area contributed by atoms with Gasteiger partial charge in [-0.15, -0.1) is 13.2 Å². The molecule has 2 aliphatic heterocycles. The highest BCUT2D eigenvalue weighted by Crippen LogP contribution is 2.35. The van der Waals surface area contributed by atoms with Gasteiger partial charge in [-0.3, -0.25) is 19.7 Å². The number of amides is 3. The van der Waals surface area contributed by atoms with E-state index in [1.165, 1.54) is 0 Å². The van der Waals surface area contributed by atoms with E-state index in [9.17, 15) is 40.7 Å². The molecule has 2 saturated heterocycles. The van der Waals surface area contributed by atoms with Gasteiger partial charge in [0.1, 0.15) is 23.2 Å². The predicted molar refractivity (Wildman–Crippen MR) is 114 cm³/mol. The van der Waals surface area contributed by atoms with Crippen LogP contribution in [0.25, 0.3) is 0 Å². The number of hydrogen-bond donors (Lipinski definition) is 2. The van der Waals surface area contributed by atoms with E-state index in [1.807, 2.05) is 0 Å². The third kappa shape index (κ3) is 5.71. The molecule has 0 aliphatic carbocycles. The number of rotatable bonds is 6. The third-order valence-corrected chi connectivity index (χ3v) is 5.89. The van der Waals surface area contributed by atoms with Crippen molar-refractivity contribution in [1.82, 2.24) is 5.32 Å². The molecule has 2 aromatic carbocycles. The van der Waals surface area contributed by atoms with Crippen molar-refractivity contribution in [3.8, 4) is 5.75 Å². The summed E-state index contributed by atoms with van der Waals surface area (Å²) in [5.74, 6) is -6.82. The lowest BCUT2D eigenvalue weighted by Crippen LogP contribution is -2.48. The Balaban J connectivity index is 1.34. The van der Waals surface area contributed by atoms with Crippen LogP contribution in [0.3, 0.4) is 0 Å². The molecule has 2 fully saturated rings. The molecule has 0 aromatic heterocycles. The van der Waals surface area contributed by atoms with Crippen LogP contribution in [-0.2, 0) is 14.4 Å². The molecule has 1 atom stereocenters. The second kappa shape index (κ2) is 9.70. The van der Waals surface area contributed by atoms with Gasteiger partial charge < -0.3 is 15.0 Å². The van der Waals surface area contributed by atoms with Gasteiger partial charge in [0.05, 0.1) is 11.6 Å². The topological polar surface area (TPSA) is 87.7 Å². The van der Waals surface area contributed by atoms with E-state index in [1.54, 1.807) is 4.90 Å². The monoisotopic (exact) mass is 515 g/mol. The number of piperidine rings is 1. The van der Waals surface area contributed by atoms with Crippen LogP contribution in [0.15, 0.2) is 30.3 Å². The first-order valence-electron chi connectivity index (χ1n) is 10.8. The quantitative estimate of drug-likeness (QED) is 0.449. The average molecular weight is 515 g/mol. The van der Waals surface area contributed by atoms with Crippen molar-refractivity contribution >= 4 is 29.1 Å². The number of imide groups is 1. The summed E-state index contributed by atoms with van der Waals surface area (Å²) in [6, 6.07) is 4.35. The zero-order valence-electron chi connectivity index (χ0n) is 18.4. The van der Waals surface area contributed by atoms with Crippen LogP contribution in [0, 0.1) is 23.4 Å². The highest BCUT2D eigenvalue weighted by molar-refractivity contribution is 6.01. The van der Waals surface area contributed by atoms with Crippen LogP contribution in [-0.4, -0.2) is 37.2 Å². The smallest absolute Gasteiger partial charge is 0.406 e. The van der Waals surface area contributed by atoms with Crippen molar-refractivity contribution in [3.63, 3.8) is 0 Å². The van der Waals surface area contributed by atoms with Gasteiger partial charge in [-0.25, -0.2) is 13.2 Å². The van der Waals surface area contributed by atoms with Gasteiger partial charge in [-0.1, -0.05) is 0 Å². The standard InChI is InChI=1S/C23H19F6N3O4/c24-15-3-1-13(36-23(27,28)29)8-18(15)30-20(34)5-11-9-32(10-11)12-6-16(25)21(17(26)7-12)14-2-4-19(33)31-22(14)35/h1,3,6-8,11,14H,2,4-5,9-10H2,(H,30,34)(H,31,33,35). The summed E-state index contributed by atoms with van der Waals surface area (Å²) in [5, 5.41) is 4.26. The number of anilines is 2. The Labute approximate surface area is 200 Å². The number of carbonyl (C=O) groups is 3. The van der Waals surface area contributed by atoms with Gasteiger partial charge in [0.15, 0.2) is 0 Å². The molecule has 7 nitrogen and oxygen atoms in total. The van der Waals surface area contributed by atoms with Crippen LogP contribution in [0.5, 0.6) is 5.75 Å². The Hall–Kier alpha value is -3.77. The molecule has 0 saturated carbocycles. The number of nitrogens with zero attached hydrogens (tertiary/aromatic N) is 1. The predicted octanol–water partition coefficient (Wildman–Crippen LogP) is 3.99. The first-order valence-corrected chi connectivity index (χ1v) is 10.8. The fraction of sp³-hybridized carbons (Fsp3) is 0.348. The molecule has 192 valence electrons. The van der Waals surface area contributed by atoms with Gasteiger partial charge in [-0.2, -0.15) is 0 Å². The molecule has 2 heterocycles. The van der Waals surface area contributed by atoms with Crippen LogP contribution < -0.4 is 20.3 Å². The molecule has 4 rings (SSSR count). The number of benzene rings is 2. The van der Waals surface area contributed by atoms with E-state index >= 15 is 0 Å². The highest BCUT2D eigenvalue weighted by atomic mass is 19.4. The van der Waals surface area contributed by atoms with E-state index < -0.39 is 64.5 Å². The van der Waals surface area contributed by atoms with Crippen LogP contribution >= 0.6 is 0 Å². The van der Waals surface area contributed by atoms with Gasteiger partial charge in [0.25, 0.3) is 0 Å². The Morgan fingerprint density at radius 2 is 1.72 bits per heavy atom. The van der Waals surface area contributed by atoms with Crippen molar-refractivity contribution in [2.24, 2.45) is 5.92 Å². The summed E-state index contributed by atoms with van der Waals surface area (Å²) in [4.78, 5) is 37.1. The minimum absolute atomic E-state index is 0.00934. The molecule has 3 amide bonds. The Morgan fingerprint density at radius 1 is 1.06 bits per heavy atom. The van der Waals surface area contributed by atoms with Gasteiger partial charge in [0.2, 0.25) is 17.7 Å². The number of ether oxygens (including phenoxy) is 1. The molecular weight excluding hydrogens is 496 g/mol. The summed E-state index contributed by atoms with van der Waals surface area (Å²) in [6.07, 6.45) is -5.13. The first-order chi connectivity index (χ1) is 16.9. The van der Waals surface area contributed by atoms with Crippen molar-refractivity contribution in [3.05, 3.63) is 53.3 Å². The van der Waals surface area contributed by atoms with E-state index in [4.69, 9.17) is 0 Å². The average Bonchev–Trinajstić information content (AvgIpc) is 2.72. The minimum Gasteiger partial charge on any atom is -0.406 e. The molecule has 2 aromatic rings. The van der Waals surface area contributed by atoms with Crippen molar-refractivity contribution < 1.29 is 45.5 Å². The summed E-state index contributed by atoms with van der Waals surface area (Å²) < 4.78 is 84.1. The lowest BCUT2D eigenvalue weighted by molar-refractivity contribution is -0.274. The molecule has 1 unspecified atom stereocenters. The maximum atomic E-state index is 14.7. The lowest BCUT2D eigenvalue weighted by atomic mass is 9.89. The zero-order valence-corrected chi connectivity index (χ0v) is 18.4. The van der Waals surface area contributed by atoms with Crippen LogP contribution in [0.2, 0.25) is 0 Å². The number of hydrogen-bond acceptors (Lipinski definition) is 5. The first kappa shape index (κ1) is 25.3. The normalized spacial score (nSPS) is 18.5. The van der Waals surface area contributed by atoms with Crippen LogP contribution in [0.4, 0.5) is 37.7 Å². The maximum absolute atomic E-state index is 14.7. The second-order valence-corrected chi connectivity index (χ2v) is 8.54. The highest BCUT2D eigenvalue weighted by Gasteiger charge is 2.35. The van der Waals surface area contributed by atoms with Gasteiger partial charge in [-0.05, 0) is 30.7 Å². The Kier molecular flexibility index (Phi) is 6.83. The third-order valence-electron chi connectivity index (χ3n) is 5.89. The summed E-state index contributed by atoms with van der Waals surface area (Å²) >= 11 is 0. The van der Waals surface area contributed by atoms with Gasteiger partial charge >= 0.3 is 6.36 Å². The maximum Gasteiger partial charge on any atom is 0.573 e. The minimum atomic E-state index is -4.98. The van der Waals surface area contributed by atoms with E-state index in [0.29, 0.717) is 6.07 Å². The van der Waals surface area contributed by atoms with Crippen LogP contribution in [0.1, 0.15) is 30.7 Å². The Morgan fingerprint density at radius 3 is 2.33 bits per heavy atom. The fourth-order valence-electron chi connectivity index (χ4n) is 4.23. The SMILES string of the molecule is O=C1CCC(c2c(F)cc(N3CC(CC(=O)Nc4cc(OC(F)(F)F)ccc4F)C3)cc2F)C(=O)N1. The van der Waals surface area contributed by atoms with Crippen molar-refractivity contribution in [2.45, 2.75) is 31.5 Å². The lowest BCUT2D eigenvalue weighted by Gasteiger charge is -2.41. The number of halogens is 6. The Bertz CT molecular complexity index is 1190. The molecule has 0 spiro atoms. The number of carbonyl (C=O) groups excluding carboxylic acids is 3. The fourth-order valence-corrected chi connectivity index (χ4v) is 4.23. The van der Waals surface area contributed by atoms with E-state index in [0.717, 1.165) is 24.3 Å². The van der Waals surface area contributed by atoms with E-state index in [2.05, 4.69) is 15.4 Å². The summed E-state index contributed by atoms with van der Waals surface area (Å²) in [5.41, 5.74) is -0.703. The number of nitrogens with one attached hydrogen (secondary N) is 2.